The number of nitrogens with zero attached hydrogens (tertiary/aromatic N) is 2. The Balaban J connectivity index is 1.46. The summed E-state index contributed by atoms with van der Waals surface area (Å²) in [5.74, 6) is 0.0301. The molecule has 1 aliphatic rings. The predicted octanol–water partition coefficient (Wildman–Crippen LogP) is 3.61. The quantitative estimate of drug-likeness (QED) is 0.807. The third-order valence-electron chi connectivity index (χ3n) is 4.97. The number of amides is 3. The van der Waals surface area contributed by atoms with Crippen LogP contribution < -0.4 is 10.1 Å². The summed E-state index contributed by atoms with van der Waals surface area (Å²) in [6, 6.07) is 14.9. The predicted molar refractivity (Wildman–Crippen MR) is 109 cm³/mol. The lowest BCUT2D eigenvalue weighted by atomic mass is 9.97. The van der Waals surface area contributed by atoms with Crippen molar-refractivity contribution in [3.05, 3.63) is 60.4 Å². The number of urea groups is 1. The number of piperidine rings is 1. The van der Waals surface area contributed by atoms with Crippen LogP contribution >= 0.6 is 0 Å². The van der Waals surface area contributed by atoms with E-state index in [1.54, 1.807) is 29.0 Å². The minimum Gasteiger partial charge on any atom is -0.492 e. The standard InChI is InChI=1S/C22H26FN3O3/c1-25(14-15-29-20-11-9-18(23)10-12-20)21(27)17-6-5-13-26(16-17)22(28)24-19-7-3-2-4-8-19/h2-4,7-12,17H,5-6,13-16H2,1H3,(H,24,28). The monoisotopic (exact) mass is 399 g/mol. The van der Waals surface area contributed by atoms with Crippen molar-refractivity contribution < 1.29 is 18.7 Å². The summed E-state index contributed by atoms with van der Waals surface area (Å²) in [7, 11) is 1.74. The minimum atomic E-state index is -0.317. The molecule has 0 radical (unpaired) electrons. The number of hydrogen-bond acceptors (Lipinski definition) is 3. The van der Waals surface area contributed by atoms with Crippen molar-refractivity contribution >= 4 is 17.6 Å². The Morgan fingerprint density at radius 1 is 1.17 bits per heavy atom. The molecule has 154 valence electrons. The highest BCUT2D eigenvalue weighted by Gasteiger charge is 2.30. The van der Waals surface area contributed by atoms with E-state index in [-0.39, 0.29) is 23.7 Å². The van der Waals surface area contributed by atoms with E-state index in [4.69, 9.17) is 4.74 Å². The second-order valence-electron chi connectivity index (χ2n) is 7.14. The molecule has 1 saturated heterocycles. The Morgan fingerprint density at radius 2 is 1.90 bits per heavy atom. The molecular weight excluding hydrogens is 373 g/mol. The summed E-state index contributed by atoms with van der Waals surface area (Å²) < 4.78 is 18.5. The lowest BCUT2D eigenvalue weighted by molar-refractivity contribution is -0.135. The summed E-state index contributed by atoms with van der Waals surface area (Å²) >= 11 is 0. The van der Waals surface area contributed by atoms with Gasteiger partial charge in [-0.25, -0.2) is 9.18 Å². The van der Waals surface area contributed by atoms with Crippen molar-refractivity contribution in [1.29, 1.82) is 0 Å². The fourth-order valence-electron chi connectivity index (χ4n) is 3.34. The molecular formula is C22H26FN3O3. The summed E-state index contributed by atoms with van der Waals surface area (Å²) in [5.41, 5.74) is 0.737. The number of ether oxygens (including phenoxy) is 1. The number of likely N-dealkylation sites (N-methyl/N-ethyl adjacent to an activating group) is 1. The summed E-state index contributed by atoms with van der Waals surface area (Å²) in [5, 5.41) is 2.87. The number of benzene rings is 2. The van der Waals surface area contributed by atoms with E-state index in [9.17, 15) is 14.0 Å². The number of halogens is 1. The van der Waals surface area contributed by atoms with Crippen LogP contribution in [-0.2, 0) is 4.79 Å². The molecule has 0 aliphatic carbocycles. The van der Waals surface area contributed by atoms with Gasteiger partial charge in [0.25, 0.3) is 0 Å². The van der Waals surface area contributed by atoms with Gasteiger partial charge in [0.15, 0.2) is 0 Å². The van der Waals surface area contributed by atoms with Crippen LogP contribution in [0.1, 0.15) is 12.8 Å². The van der Waals surface area contributed by atoms with Gasteiger partial charge in [0.2, 0.25) is 5.91 Å². The second kappa shape index (κ2) is 9.91. The average Bonchev–Trinajstić information content (AvgIpc) is 2.75. The van der Waals surface area contributed by atoms with Crippen molar-refractivity contribution in [3.63, 3.8) is 0 Å². The third-order valence-corrected chi connectivity index (χ3v) is 4.97. The first kappa shape index (κ1) is 20.6. The Bertz CT molecular complexity index is 814. The highest BCUT2D eigenvalue weighted by molar-refractivity contribution is 5.90. The number of nitrogens with one attached hydrogen (secondary N) is 1. The maximum absolute atomic E-state index is 12.9. The van der Waals surface area contributed by atoms with E-state index in [1.165, 1.54) is 12.1 Å². The molecule has 0 saturated carbocycles. The number of para-hydroxylation sites is 1. The van der Waals surface area contributed by atoms with Crippen LogP contribution in [0.25, 0.3) is 0 Å². The molecule has 1 atom stereocenters. The second-order valence-corrected chi connectivity index (χ2v) is 7.14. The number of rotatable bonds is 6. The van der Waals surface area contributed by atoms with Crippen LogP contribution in [0.4, 0.5) is 14.9 Å². The molecule has 3 amide bonds. The van der Waals surface area contributed by atoms with Gasteiger partial charge < -0.3 is 19.9 Å². The zero-order chi connectivity index (χ0) is 20.6. The number of carbonyl (C=O) groups excluding carboxylic acids is 2. The first-order valence-corrected chi connectivity index (χ1v) is 9.77. The Kier molecular flexibility index (Phi) is 7.05. The Labute approximate surface area is 170 Å². The van der Waals surface area contributed by atoms with Crippen LogP contribution in [-0.4, -0.2) is 55.0 Å². The van der Waals surface area contributed by atoms with E-state index in [0.29, 0.717) is 32.0 Å². The van der Waals surface area contributed by atoms with Crippen LogP contribution in [0.2, 0.25) is 0 Å². The topological polar surface area (TPSA) is 61.9 Å². The van der Waals surface area contributed by atoms with Gasteiger partial charge in [0, 0.05) is 25.8 Å². The summed E-state index contributed by atoms with van der Waals surface area (Å²) in [6.07, 6.45) is 1.55. The Morgan fingerprint density at radius 3 is 2.62 bits per heavy atom. The molecule has 6 nitrogen and oxygen atoms in total. The van der Waals surface area contributed by atoms with Crippen molar-refractivity contribution in [2.75, 3.05) is 38.6 Å². The van der Waals surface area contributed by atoms with Gasteiger partial charge in [0.05, 0.1) is 12.5 Å². The zero-order valence-electron chi connectivity index (χ0n) is 16.5. The molecule has 1 aliphatic heterocycles. The summed E-state index contributed by atoms with van der Waals surface area (Å²) in [4.78, 5) is 28.6. The van der Waals surface area contributed by atoms with Gasteiger partial charge in [0.1, 0.15) is 18.2 Å². The SMILES string of the molecule is CN(CCOc1ccc(F)cc1)C(=O)C1CCCN(C(=O)Nc2ccccc2)C1. The molecule has 1 unspecified atom stereocenters. The Hall–Kier alpha value is -3.09. The molecule has 1 fully saturated rings. The lowest BCUT2D eigenvalue weighted by Gasteiger charge is -2.34. The van der Waals surface area contributed by atoms with Crippen molar-refractivity contribution in [1.82, 2.24) is 9.80 Å². The lowest BCUT2D eigenvalue weighted by Crippen LogP contribution is -2.47. The van der Waals surface area contributed by atoms with E-state index < -0.39 is 0 Å². The van der Waals surface area contributed by atoms with Crippen molar-refractivity contribution in [2.45, 2.75) is 12.8 Å². The molecule has 1 heterocycles. The summed E-state index contributed by atoms with van der Waals surface area (Å²) in [6.45, 7) is 1.78. The van der Waals surface area contributed by atoms with Crippen LogP contribution in [0.3, 0.4) is 0 Å². The van der Waals surface area contributed by atoms with E-state index in [1.807, 2.05) is 30.3 Å². The highest BCUT2D eigenvalue weighted by Crippen LogP contribution is 2.20. The number of carbonyl (C=O) groups is 2. The first-order chi connectivity index (χ1) is 14.0. The fraction of sp³-hybridized carbons (Fsp3) is 0.364. The van der Waals surface area contributed by atoms with Gasteiger partial charge in [-0.15, -0.1) is 0 Å². The number of likely N-dealkylation sites (tertiary alicyclic amines) is 1. The molecule has 2 aromatic carbocycles. The maximum atomic E-state index is 12.9. The molecule has 0 bridgehead atoms. The first-order valence-electron chi connectivity index (χ1n) is 9.77. The van der Waals surface area contributed by atoms with Crippen LogP contribution in [0, 0.1) is 11.7 Å². The molecule has 7 heteroatoms. The highest BCUT2D eigenvalue weighted by atomic mass is 19.1. The molecule has 0 aromatic heterocycles. The van der Waals surface area contributed by atoms with Crippen LogP contribution in [0.15, 0.2) is 54.6 Å². The van der Waals surface area contributed by atoms with E-state index in [0.717, 1.165) is 18.5 Å². The fourth-order valence-corrected chi connectivity index (χ4v) is 3.34. The van der Waals surface area contributed by atoms with Gasteiger partial charge >= 0.3 is 6.03 Å². The third kappa shape index (κ3) is 5.94. The molecule has 2 aromatic rings. The molecule has 0 spiro atoms. The van der Waals surface area contributed by atoms with Gasteiger partial charge in [-0.05, 0) is 49.2 Å². The minimum absolute atomic E-state index is 0.00455. The van der Waals surface area contributed by atoms with Gasteiger partial charge in [-0.2, -0.15) is 0 Å². The smallest absolute Gasteiger partial charge is 0.321 e. The number of hydrogen-bond donors (Lipinski definition) is 1. The molecule has 29 heavy (non-hydrogen) atoms. The normalized spacial score (nSPS) is 16.2. The van der Waals surface area contributed by atoms with E-state index >= 15 is 0 Å². The average molecular weight is 399 g/mol. The number of anilines is 1. The maximum Gasteiger partial charge on any atom is 0.321 e. The van der Waals surface area contributed by atoms with E-state index in [2.05, 4.69) is 5.32 Å². The van der Waals surface area contributed by atoms with Gasteiger partial charge in [-0.3, -0.25) is 4.79 Å². The molecule has 1 N–H and O–H groups in total. The van der Waals surface area contributed by atoms with Crippen molar-refractivity contribution in [2.24, 2.45) is 5.92 Å². The van der Waals surface area contributed by atoms with Crippen LogP contribution in [0.5, 0.6) is 5.75 Å². The largest absolute Gasteiger partial charge is 0.492 e. The molecule has 3 rings (SSSR count). The zero-order valence-corrected chi connectivity index (χ0v) is 16.5. The van der Waals surface area contributed by atoms with Gasteiger partial charge in [-0.1, -0.05) is 18.2 Å². The van der Waals surface area contributed by atoms with Crippen molar-refractivity contribution in [3.8, 4) is 5.75 Å².